The summed E-state index contributed by atoms with van der Waals surface area (Å²) in [6.07, 6.45) is -3.95. The number of rotatable bonds is 7. The average Bonchev–Trinajstić information content (AvgIpc) is 2.70. The Morgan fingerprint density at radius 2 is 1.74 bits per heavy atom. The second-order valence-electron chi connectivity index (χ2n) is 7.27. The first kappa shape index (κ1) is 24.5. The van der Waals surface area contributed by atoms with Crippen LogP contribution in [0.25, 0.3) is 0 Å². The van der Waals surface area contributed by atoms with Gasteiger partial charge in [0.1, 0.15) is 10.6 Å². The number of nitrogens with zero attached hydrogens (tertiary/aromatic N) is 2. The molecule has 0 aliphatic rings. The minimum absolute atomic E-state index is 0.0590. The molecule has 0 fully saturated rings. The van der Waals surface area contributed by atoms with E-state index in [0.717, 1.165) is 24.6 Å². The van der Waals surface area contributed by atoms with Crippen molar-refractivity contribution < 1.29 is 30.6 Å². The Hall–Kier alpha value is -2.75. The zero-order chi connectivity index (χ0) is 23.4. The first-order valence-corrected chi connectivity index (χ1v) is 10.9. The molecule has 1 unspecified atom stereocenters. The maximum Gasteiger partial charge on any atom is 0.416 e. The van der Waals surface area contributed by atoms with Crippen LogP contribution in [-0.2, 0) is 22.8 Å². The molecule has 0 N–H and O–H groups in total. The van der Waals surface area contributed by atoms with E-state index < -0.39 is 26.8 Å². The fourth-order valence-corrected chi connectivity index (χ4v) is 3.75. The highest BCUT2D eigenvalue weighted by Crippen LogP contribution is 2.31. The zero-order valence-electron chi connectivity index (χ0n) is 17.7. The third-order valence-electron chi connectivity index (χ3n) is 4.66. The van der Waals surface area contributed by atoms with Crippen molar-refractivity contribution in [2.75, 3.05) is 14.1 Å². The second kappa shape index (κ2) is 9.59. The van der Waals surface area contributed by atoms with Gasteiger partial charge < -0.3 is 14.0 Å². The molecule has 0 aliphatic heterocycles. The van der Waals surface area contributed by atoms with E-state index in [1.54, 1.807) is 31.1 Å². The predicted octanol–water partition coefficient (Wildman–Crippen LogP) is 4.76. The van der Waals surface area contributed by atoms with Crippen molar-refractivity contribution in [3.8, 4) is 5.75 Å². The van der Waals surface area contributed by atoms with E-state index in [1.807, 2.05) is 13.8 Å². The van der Waals surface area contributed by atoms with Gasteiger partial charge in [0.15, 0.2) is 0 Å². The molecular formula is C21H25F3N2O4S. The van der Waals surface area contributed by atoms with Crippen molar-refractivity contribution in [2.24, 2.45) is 0 Å². The molecule has 0 bridgehead atoms. The van der Waals surface area contributed by atoms with Crippen LogP contribution in [0.5, 0.6) is 5.75 Å². The molecule has 0 spiro atoms. The van der Waals surface area contributed by atoms with Gasteiger partial charge in [0.2, 0.25) is 0 Å². The Morgan fingerprint density at radius 1 is 1.10 bits per heavy atom. The Balaban J connectivity index is 2.28. The van der Waals surface area contributed by atoms with E-state index >= 15 is 0 Å². The van der Waals surface area contributed by atoms with E-state index in [2.05, 4.69) is 0 Å². The molecule has 0 aliphatic carbocycles. The van der Waals surface area contributed by atoms with Crippen LogP contribution in [-0.4, -0.2) is 44.4 Å². The van der Waals surface area contributed by atoms with E-state index in [0.29, 0.717) is 11.6 Å². The number of halogens is 3. The van der Waals surface area contributed by atoms with Gasteiger partial charge in [-0.2, -0.15) is 21.6 Å². The van der Waals surface area contributed by atoms with Gasteiger partial charge in [-0.3, -0.25) is 0 Å². The lowest BCUT2D eigenvalue weighted by Gasteiger charge is -2.31. The normalized spacial score (nSPS) is 12.9. The minimum Gasteiger partial charge on any atom is -0.379 e. The molecule has 0 radical (unpaired) electrons. The number of urea groups is 1. The van der Waals surface area contributed by atoms with Gasteiger partial charge in [0.05, 0.1) is 5.56 Å². The molecule has 170 valence electrons. The fraction of sp³-hybridized carbons (Fsp3) is 0.381. The summed E-state index contributed by atoms with van der Waals surface area (Å²) in [6, 6.07) is 9.19. The number of carbonyl (C=O) groups is 1. The summed E-state index contributed by atoms with van der Waals surface area (Å²) >= 11 is 0. The quantitative estimate of drug-likeness (QED) is 0.562. The number of carbonyl (C=O) groups excluding carboxylic acids is 1. The third-order valence-corrected chi connectivity index (χ3v) is 5.90. The van der Waals surface area contributed by atoms with Crippen molar-refractivity contribution >= 4 is 16.1 Å². The van der Waals surface area contributed by atoms with Crippen molar-refractivity contribution in [3.63, 3.8) is 0 Å². The summed E-state index contributed by atoms with van der Waals surface area (Å²) in [5.41, 5.74) is -0.468. The topological polar surface area (TPSA) is 66.9 Å². The zero-order valence-corrected chi connectivity index (χ0v) is 18.5. The first-order valence-electron chi connectivity index (χ1n) is 9.53. The summed E-state index contributed by atoms with van der Waals surface area (Å²) in [5, 5.41) is 0. The summed E-state index contributed by atoms with van der Waals surface area (Å²) in [4.78, 5) is 15.0. The summed E-state index contributed by atoms with van der Waals surface area (Å²) in [7, 11) is -1.21. The van der Waals surface area contributed by atoms with Gasteiger partial charge in [-0.15, -0.1) is 0 Å². The monoisotopic (exact) mass is 458 g/mol. The molecule has 2 aromatic rings. The van der Waals surface area contributed by atoms with Crippen molar-refractivity contribution in [3.05, 3.63) is 59.7 Å². The highest BCUT2D eigenvalue weighted by atomic mass is 32.2. The number of benzene rings is 2. The molecular weight excluding hydrogens is 433 g/mol. The fourth-order valence-electron chi connectivity index (χ4n) is 2.78. The molecule has 2 amide bonds. The van der Waals surface area contributed by atoms with E-state index in [1.165, 1.54) is 17.0 Å². The number of hydrogen-bond acceptors (Lipinski definition) is 4. The standard InChI is InChI=1S/C21H25F3N2O4S/c1-5-15(2)26(20(27)25(3)4)14-16-8-6-10-18(12-16)30-31(28,29)19-11-7-9-17(13-19)21(22,23)24/h6-13,15H,5,14H2,1-4H3. The maximum absolute atomic E-state index is 12.9. The molecule has 0 aromatic heterocycles. The molecule has 10 heteroatoms. The number of alkyl halides is 3. The van der Waals surface area contributed by atoms with Crippen molar-refractivity contribution in [1.29, 1.82) is 0 Å². The van der Waals surface area contributed by atoms with Crippen molar-refractivity contribution in [1.82, 2.24) is 9.80 Å². The Morgan fingerprint density at radius 3 is 2.32 bits per heavy atom. The van der Waals surface area contributed by atoms with Crippen molar-refractivity contribution in [2.45, 2.75) is 43.9 Å². The van der Waals surface area contributed by atoms with Gasteiger partial charge in [-0.1, -0.05) is 25.1 Å². The lowest BCUT2D eigenvalue weighted by atomic mass is 10.1. The van der Waals surface area contributed by atoms with Gasteiger partial charge in [-0.05, 0) is 49.2 Å². The van der Waals surface area contributed by atoms with Crippen LogP contribution in [0.4, 0.5) is 18.0 Å². The molecule has 2 rings (SSSR count). The van der Waals surface area contributed by atoms with E-state index in [-0.39, 0.29) is 24.4 Å². The van der Waals surface area contributed by atoms with Gasteiger partial charge in [0.25, 0.3) is 0 Å². The molecule has 0 saturated heterocycles. The number of hydrogen-bond donors (Lipinski definition) is 0. The molecule has 1 atom stereocenters. The molecule has 0 saturated carbocycles. The van der Waals surface area contributed by atoms with Gasteiger partial charge >= 0.3 is 22.3 Å². The third kappa shape index (κ3) is 6.36. The highest BCUT2D eigenvalue weighted by Gasteiger charge is 2.32. The smallest absolute Gasteiger partial charge is 0.379 e. The van der Waals surface area contributed by atoms with Crippen LogP contribution in [0.3, 0.4) is 0 Å². The largest absolute Gasteiger partial charge is 0.416 e. The lowest BCUT2D eigenvalue weighted by molar-refractivity contribution is -0.137. The summed E-state index contributed by atoms with van der Waals surface area (Å²) < 4.78 is 68.8. The molecule has 0 heterocycles. The van der Waals surface area contributed by atoms with Crippen LogP contribution in [0.1, 0.15) is 31.4 Å². The SMILES string of the molecule is CCC(C)N(Cc1cccc(OS(=O)(=O)c2cccc(C(F)(F)F)c2)c1)C(=O)N(C)C. The minimum atomic E-state index is -4.68. The van der Waals surface area contributed by atoms with E-state index in [4.69, 9.17) is 4.18 Å². The highest BCUT2D eigenvalue weighted by molar-refractivity contribution is 7.87. The van der Waals surface area contributed by atoms with Gasteiger partial charge in [0, 0.05) is 26.7 Å². The van der Waals surface area contributed by atoms with Gasteiger partial charge in [-0.25, -0.2) is 4.79 Å². The molecule has 6 nitrogen and oxygen atoms in total. The summed E-state index contributed by atoms with van der Waals surface area (Å²) in [5.74, 6) is -0.0590. The van der Waals surface area contributed by atoms with Crippen LogP contribution < -0.4 is 4.18 Å². The predicted molar refractivity (Wildman–Crippen MR) is 110 cm³/mol. The first-order chi connectivity index (χ1) is 14.3. The number of amides is 2. The molecule has 2 aromatic carbocycles. The second-order valence-corrected chi connectivity index (χ2v) is 8.82. The van der Waals surface area contributed by atoms with Crippen LogP contribution in [0.2, 0.25) is 0 Å². The lowest BCUT2D eigenvalue weighted by Crippen LogP contribution is -2.43. The summed E-state index contributed by atoms with van der Waals surface area (Å²) in [6.45, 7) is 4.06. The maximum atomic E-state index is 12.9. The van der Waals surface area contributed by atoms with Crippen LogP contribution in [0.15, 0.2) is 53.4 Å². The molecule has 31 heavy (non-hydrogen) atoms. The Kier molecular flexibility index (Phi) is 7.58. The van der Waals surface area contributed by atoms with Crippen LogP contribution in [0, 0.1) is 0 Å². The Labute approximate surface area is 180 Å². The average molecular weight is 459 g/mol. The van der Waals surface area contributed by atoms with E-state index in [9.17, 15) is 26.4 Å². The van der Waals surface area contributed by atoms with Crippen LogP contribution >= 0.6 is 0 Å². The Bertz CT molecular complexity index is 1020.